The normalized spacial score (nSPS) is 13.5. The zero-order valence-electron chi connectivity index (χ0n) is 24.5. The summed E-state index contributed by atoms with van der Waals surface area (Å²) in [5.41, 5.74) is 9.38. The molecule has 3 heteroatoms. The van der Waals surface area contributed by atoms with Crippen molar-refractivity contribution in [2.75, 3.05) is 0 Å². The molecule has 2 rings (SSSR count). The van der Waals surface area contributed by atoms with Gasteiger partial charge in [-0.3, -0.25) is 0 Å². The average molecular weight is 497 g/mol. The topological polar surface area (TPSA) is 0 Å². The summed E-state index contributed by atoms with van der Waals surface area (Å²) in [5.74, 6) is 1.65. The minimum Gasteiger partial charge on any atom is -0.0711 e. The third-order valence-corrected chi connectivity index (χ3v) is 45.2. The maximum absolute atomic E-state index is 2.71. The van der Waals surface area contributed by atoms with E-state index in [1.54, 1.807) is 27.4 Å². The summed E-state index contributed by atoms with van der Waals surface area (Å²) in [7, 11) is -5.32. The Balaban J connectivity index is 3.35. The largest absolute Gasteiger partial charge is 0.105 e. The van der Waals surface area contributed by atoms with Crippen molar-refractivity contribution >= 4 is 32.7 Å². The molecule has 0 atom stereocenters. The molecule has 0 saturated heterocycles. The maximum atomic E-state index is 2.71. The Bertz CT molecular complexity index is 932. The van der Waals surface area contributed by atoms with E-state index in [2.05, 4.69) is 126 Å². The van der Waals surface area contributed by atoms with E-state index < -0.39 is 22.3 Å². The Morgan fingerprint density at radius 3 is 1.15 bits per heavy atom. The Kier molecular flexibility index (Phi) is 8.26. The lowest BCUT2D eigenvalue weighted by atomic mass is 9.89. The van der Waals surface area contributed by atoms with Gasteiger partial charge in [0.25, 0.3) is 0 Å². The fraction of sp³-hybridized carbons (Fsp3) is 0.600. The molecule has 0 aliphatic heterocycles. The highest BCUT2D eigenvalue weighted by atomic mass is 29.6. The van der Waals surface area contributed by atoms with Crippen molar-refractivity contribution in [2.45, 2.75) is 119 Å². The third-order valence-electron chi connectivity index (χ3n) is 7.81. The van der Waals surface area contributed by atoms with Gasteiger partial charge in [0.2, 0.25) is 0 Å². The first-order valence-corrected chi connectivity index (χ1v) is 24.1. The molecule has 2 aromatic rings. The molecule has 0 nitrogen and oxygen atoms in total. The number of rotatable bonds is 7. The quantitative estimate of drug-likeness (QED) is 0.338. The number of benzene rings is 2. The van der Waals surface area contributed by atoms with Crippen molar-refractivity contribution in [3.63, 3.8) is 0 Å². The summed E-state index contributed by atoms with van der Waals surface area (Å²) in [6.07, 6.45) is 0. The minimum atomic E-state index is -2.06. The smallest absolute Gasteiger partial charge is 0.0711 e. The summed E-state index contributed by atoms with van der Waals surface area (Å²) < 4.78 is 0. The first-order chi connectivity index (χ1) is 14.9. The van der Waals surface area contributed by atoms with E-state index in [0.29, 0.717) is 17.8 Å². The zero-order chi connectivity index (χ0) is 25.7. The van der Waals surface area contributed by atoms with Crippen LogP contribution in [0.1, 0.15) is 92.7 Å². The molecule has 0 aliphatic rings. The zero-order valence-corrected chi connectivity index (χ0v) is 27.5. The molecule has 2 aromatic carbocycles. The van der Waals surface area contributed by atoms with Gasteiger partial charge >= 0.3 is 0 Å². The van der Waals surface area contributed by atoms with E-state index in [1.165, 1.54) is 11.1 Å². The van der Waals surface area contributed by atoms with Crippen LogP contribution in [-0.2, 0) is 0 Å². The Morgan fingerprint density at radius 2 is 0.879 bits per heavy atom. The van der Waals surface area contributed by atoms with Gasteiger partial charge in [-0.2, -0.15) is 0 Å². The monoisotopic (exact) mass is 496 g/mol. The second kappa shape index (κ2) is 9.62. The lowest BCUT2D eigenvalue weighted by molar-refractivity contribution is 0.812. The predicted octanol–water partition coefficient (Wildman–Crippen LogP) is 8.38. The molecule has 0 unspecified atom stereocenters. The van der Waals surface area contributed by atoms with Crippen LogP contribution in [0.4, 0.5) is 0 Å². The number of hydrogen-bond donors (Lipinski definition) is 0. The second-order valence-electron chi connectivity index (χ2n) is 13.6. The Labute approximate surface area is 209 Å². The molecule has 0 bridgehead atoms. The molecule has 0 aromatic heterocycles. The number of hydrogen-bond acceptors (Lipinski definition) is 0. The van der Waals surface area contributed by atoms with E-state index in [-0.39, 0.29) is 0 Å². The van der Waals surface area contributed by atoms with Crippen LogP contribution in [0.25, 0.3) is 0 Å². The molecule has 0 amide bonds. The van der Waals surface area contributed by atoms with Gasteiger partial charge in [-0.25, -0.2) is 0 Å². The third kappa shape index (κ3) is 4.93. The summed E-state index contributed by atoms with van der Waals surface area (Å²) in [5, 5.41) is 3.65. The van der Waals surface area contributed by atoms with Crippen molar-refractivity contribution in [1.82, 2.24) is 0 Å². The standard InChI is InChI=1S/C30H52Si3/c1-20(2)26-18-27(21(3)4)30(28(19-26)22(5)6)33(31(10,11)12,32(13,14)15)29-24(8)16-23(7)17-25(29)9/h16-22H,1-15H3. The van der Waals surface area contributed by atoms with Gasteiger partial charge in [-0.1, -0.05) is 132 Å². The van der Waals surface area contributed by atoms with Crippen molar-refractivity contribution in [2.24, 2.45) is 0 Å². The van der Waals surface area contributed by atoms with E-state index >= 15 is 0 Å². The molecule has 0 heterocycles. The van der Waals surface area contributed by atoms with Crippen LogP contribution in [0.3, 0.4) is 0 Å². The molecule has 0 aliphatic carbocycles. The molecule has 0 fully saturated rings. The Hall–Kier alpha value is -0.909. The Morgan fingerprint density at radius 1 is 0.515 bits per heavy atom. The van der Waals surface area contributed by atoms with E-state index in [4.69, 9.17) is 0 Å². The molecule has 33 heavy (non-hydrogen) atoms. The van der Waals surface area contributed by atoms with Crippen LogP contribution >= 0.6 is 0 Å². The van der Waals surface area contributed by atoms with Crippen LogP contribution in [0, 0.1) is 20.8 Å². The molecule has 0 saturated carbocycles. The van der Waals surface area contributed by atoms with Crippen molar-refractivity contribution < 1.29 is 0 Å². The second-order valence-corrected chi connectivity index (χ2v) is 40.1. The van der Waals surface area contributed by atoms with E-state index in [1.807, 2.05) is 5.19 Å². The van der Waals surface area contributed by atoms with Crippen LogP contribution in [0.2, 0.25) is 39.3 Å². The molecular weight excluding hydrogens is 445 g/mol. The highest BCUT2D eigenvalue weighted by Gasteiger charge is 2.59. The van der Waals surface area contributed by atoms with Gasteiger partial charge in [0, 0.05) is 15.2 Å². The lowest BCUT2D eigenvalue weighted by Crippen LogP contribution is -2.86. The van der Waals surface area contributed by atoms with Gasteiger partial charge in [-0.15, -0.1) is 0 Å². The van der Waals surface area contributed by atoms with Gasteiger partial charge in [0.05, 0.1) is 0 Å². The van der Waals surface area contributed by atoms with Crippen molar-refractivity contribution in [1.29, 1.82) is 0 Å². The van der Waals surface area contributed by atoms with E-state index in [0.717, 1.165) is 0 Å². The SMILES string of the molecule is Cc1cc(C)c([Si](c2c(C(C)C)cc(C(C)C)cc2C(C)C)([Si](C)(C)C)[Si](C)(C)C)c(C)c1. The highest BCUT2D eigenvalue weighted by Crippen LogP contribution is 2.37. The fourth-order valence-corrected chi connectivity index (χ4v) is 55.4. The van der Waals surface area contributed by atoms with Crippen LogP contribution in [0.5, 0.6) is 0 Å². The minimum absolute atomic E-state index is 0.543. The lowest BCUT2D eigenvalue weighted by Gasteiger charge is -2.54. The summed E-state index contributed by atoms with van der Waals surface area (Å²) in [4.78, 5) is 0. The molecule has 0 N–H and O–H groups in total. The van der Waals surface area contributed by atoms with Crippen molar-refractivity contribution in [3.05, 3.63) is 57.6 Å². The molecule has 0 spiro atoms. The summed E-state index contributed by atoms with van der Waals surface area (Å²) >= 11 is 0. The average Bonchev–Trinajstić information content (AvgIpc) is 2.61. The van der Waals surface area contributed by atoms with Crippen LogP contribution in [0.15, 0.2) is 24.3 Å². The first-order valence-electron chi connectivity index (χ1n) is 13.1. The summed E-state index contributed by atoms with van der Waals surface area (Å²) in [6.45, 7) is 37.8. The first kappa shape index (κ1) is 28.3. The van der Waals surface area contributed by atoms with E-state index in [9.17, 15) is 0 Å². The summed E-state index contributed by atoms with van der Waals surface area (Å²) in [6, 6.07) is 10.2. The van der Waals surface area contributed by atoms with Gasteiger partial charge in [0.1, 0.15) is 7.11 Å². The molecule has 184 valence electrons. The van der Waals surface area contributed by atoms with Gasteiger partial charge in [0.15, 0.2) is 0 Å². The van der Waals surface area contributed by atoms with Crippen LogP contribution < -0.4 is 10.4 Å². The molecular formula is C30H52Si3. The maximum Gasteiger partial charge on any atom is 0.105 e. The highest BCUT2D eigenvalue weighted by molar-refractivity contribution is 7.76. The predicted molar refractivity (Wildman–Crippen MR) is 161 cm³/mol. The van der Waals surface area contributed by atoms with Crippen molar-refractivity contribution in [3.8, 4) is 0 Å². The van der Waals surface area contributed by atoms with Gasteiger partial charge < -0.3 is 0 Å². The van der Waals surface area contributed by atoms with Gasteiger partial charge in [-0.05, 0) is 55.2 Å². The number of aryl methyl sites for hydroxylation is 3. The fourth-order valence-electron chi connectivity index (χ4n) is 6.91. The molecule has 0 radical (unpaired) electrons. The van der Waals surface area contributed by atoms with Crippen LogP contribution in [-0.4, -0.2) is 22.3 Å².